The number of para-hydroxylation sites is 1. The molecule has 0 N–H and O–H groups in total. The lowest BCUT2D eigenvalue weighted by Gasteiger charge is -2.33. The Kier molecular flexibility index (Phi) is 3.49. The third-order valence-electron chi connectivity index (χ3n) is 3.57. The molecule has 0 saturated heterocycles. The molecule has 0 bridgehead atoms. The van der Waals surface area contributed by atoms with Gasteiger partial charge in [0.15, 0.2) is 0 Å². The van der Waals surface area contributed by atoms with Crippen LogP contribution in [0.15, 0.2) is 24.3 Å². The first-order valence-corrected chi connectivity index (χ1v) is 6.83. The van der Waals surface area contributed by atoms with Gasteiger partial charge in [-0.3, -0.25) is 0 Å². The fourth-order valence-corrected chi connectivity index (χ4v) is 2.95. The minimum atomic E-state index is -0.165. The quantitative estimate of drug-likeness (QED) is 0.677. The van der Waals surface area contributed by atoms with E-state index < -0.39 is 0 Å². The lowest BCUT2D eigenvalue weighted by atomic mass is 9.99. The van der Waals surface area contributed by atoms with Crippen molar-refractivity contribution in [1.29, 1.82) is 0 Å². The summed E-state index contributed by atoms with van der Waals surface area (Å²) in [4.78, 5) is 0. The summed E-state index contributed by atoms with van der Waals surface area (Å²) in [5.74, 6) is 0. The number of aromatic nitrogens is 1. The molecule has 2 aromatic rings. The highest BCUT2D eigenvalue weighted by atomic mass is 16.5. The van der Waals surface area contributed by atoms with Crippen molar-refractivity contribution in [3.63, 3.8) is 0 Å². The van der Waals surface area contributed by atoms with E-state index >= 15 is 0 Å². The lowest BCUT2D eigenvalue weighted by Crippen LogP contribution is -2.33. The van der Waals surface area contributed by atoms with Crippen LogP contribution in [0.5, 0.6) is 0 Å². The van der Waals surface area contributed by atoms with E-state index in [2.05, 4.69) is 49.6 Å². The maximum atomic E-state index is 5.88. The smallest absolute Gasteiger partial charge is 0.103 e. The molecule has 2 nitrogen and oxygen atoms in total. The van der Waals surface area contributed by atoms with Gasteiger partial charge in [-0.2, -0.15) is 0 Å². The van der Waals surface area contributed by atoms with Gasteiger partial charge in [0.05, 0.1) is 12.3 Å². The number of nitrogens with zero attached hydrogens (tertiary/aromatic N) is 1. The number of rotatable bonds is 0. The largest absolute Gasteiger partial charge is 0.367 e. The van der Waals surface area contributed by atoms with E-state index in [0.29, 0.717) is 0 Å². The van der Waals surface area contributed by atoms with Gasteiger partial charge in [-0.1, -0.05) is 32.0 Å². The highest BCUT2D eigenvalue weighted by Gasteiger charge is 2.32. The van der Waals surface area contributed by atoms with Gasteiger partial charge >= 0.3 is 0 Å². The van der Waals surface area contributed by atoms with Crippen LogP contribution in [0, 0.1) is 6.92 Å². The maximum absolute atomic E-state index is 5.88. The molecule has 0 fully saturated rings. The van der Waals surface area contributed by atoms with Gasteiger partial charge in [0.25, 0.3) is 0 Å². The average molecular weight is 245 g/mol. The summed E-state index contributed by atoms with van der Waals surface area (Å²) in [7, 11) is 0. The number of ether oxygens (including phenoxy) is 1. The summed E-state index contributed by atoms with van der Waals surface area (Å²) in [6.45, 7) is 12.3. The van der Waals surface area contributed by atoms with E-state index in [4.69, 9.17) is 4.74 Å². The molecule has 2 heteroatoms. The standard InChI is InChI=1S/C14H17NO.C2H6/c1-10-11-6-4-5-7-12(11)15-8-9-16-14(2,3)13(10)15;1-2/h4-7H,8-9H2,1-3H3;1-2H3. The number of hydrogen-bond donors (Lipinski definition) is 0. The summed E-state index contributed by atoms with van der Waals surface area (Å²) in [5.41, 5.74) is 3.87. The number of aryl methyl sites for hydroxylation is 1. The highest BCUT2D eigenvalue weighted by Crippen LogP contribution is 2.37. The normalized spacial score (nSPS) is 16.9. The summed E-state index contributed by atoms with van der Waals surface area (Å²) in [6, 6.07) is 8.62. The van der Waals surface area contributed by atoms with Crippen molar-refractivity contribution in [3.05, 3.63) is 35.5 Å². The van der Waals surface area contributed by atoms with Gasteiger partial charge in [0.2, 0.25) is 0 Å². The highest BCUT2D eigenvalue weighted by molar-refractivity contribution is 5.85. The Morgan fingerprint density at radius 2 is 1.83 bits per heavy atom. The van der Waals surface area contributed by atoms with Gasteiger partial charge in [-0.15, -0.1) is 0 Å². The van der Waals surface area contributed by atoms with Crippen LogP contribution in [0.2, 0.25) is 0 Å². The average Bonchev–Trinajstić information content (AvgIpc) is 2.67. The van der Waals surface area contributed by atoms with Gasteiger partial charge in [0.1, 0.15) is 5.60 Å². The van der Waals surface area contributed by atoms with Crippen LogP contribution in [0.3, 0.4) is 0 Å². The zero-order valence-electron chi connectivity index (χ0n) is 12.1. The molecule has 1 aliphatic heterocycles. The Labute approximate surface area is 110 Å². The molecule has 0 unspecified atom stereocenters. The summed E-state index contributed by atoms with van der Waals surface area (Å²) < 4.78 is 8.29. The van der Waals surface area contributed by atoms with Gasteiger partial charge in [0, 0.05) is 17.4 Å². The Balaban J connectivity index is 0.000000574. The molecule has 0 atom stereocenters. The lowest BCUT2D eigenvalue weighted by molar-refractivity contribution is -0.0498. The number of fused-ring (bicyclic) bond motifs is 3. The molecule has 0 radical (unpaired) electrons. The fourth-order valence-electron chi connectivity index (χ4n) is 2.95. The van der Waals surface area contributed by atoms with Gasteiger partial charge in [-0.05, 0) is 32.4 Å². The fraction of sp³-hybridized carbons (Fsp3) is 0.500. The van der Waals surface area contributed by atoms with E-state index in [-0.39, 0.29) is 5.60 Å². The second-order valence-corrected chi connectivity index (χ2v) is 5.00. The van der Waals surface area contributed by atoms with Crippen molar-refractivity contribution in [2.24, 2.45) is 0 Å². The minimum absolute atomic E-state index is 0.165. The van der Waals surface area contributed by atoms with Crippen LogP contribution in [0.25, 0.3) is 10.9 Å². The monoisotopic (exact) mass is 245 g/mol. The van der Waals surface area contributed by atoms with E-state index in [1.807, 2.05) is 13.8 Å². The molecule has 1 aromatic carbocycles. The third-order valence-corrected chi connectivity index (χ3v) is 3.57. The van der Waals surface area contributed by atoms with E-state index in [0.717, 1.165) is 13.2 Å². The van der Waals surface area contributed by atoms with Crippen molar-refractivity contribution in [2.45, 2.75) is 46.8 Å². The van der Waals surface area contributed by atoms with Crippen molar-refractivity contribution in [2.75, 3.05) is 6.61 Å². The van der Waals surface area contributed by atoms with Crippen LogP contribution < -0.4 is 0 Å². The Hall–Kier alpha value is -1.28. The van der Waals surface area contributed by atoms with Crippen LogP contribution in [-0.2, 0) is 16.9 Å². The predicted molar refractivity (Wildman–Crippen MR) is 77.0 cm³/mol. The molecule has 98 valence electrons. The summed E-state index contributed by atoms with van der Waals surface area (Å²) in [5, 5.41) is 1.36. The van der Waals surface area contributed by atoms with Crippen molar-refractivity contribution in [1.82, 2.24) is 4.57 Å². The van der Waals surface area contributed by atoms with Crippen molar-refractivity contribution < 1.29 is 4.74 Å². The molecule has 3 rings (SSSR count). The zero-order valence-corrected chi connectivity index (χ0v) is 12.1. The van der Waals surface area contributed by atoms with Gasteiger partial charge < -0.3 is 9.30 Å². The van der Waals surface area contributed by atoms with Crippen LogP contribution >= 0.6 is 0 Å². The molecule has 2 heterocycles. The Bertz CT molecular complexity index is 551. The minimum Gasteiger partial charge on any atom is -0.367 e. The third kappa shape index (κ3) is 1.85. The molecule has 0 aliphatic carbocycles. The first-order chi connectivity index (χ1) is 8.61. The molecule has 1 aliphatic rings. The summed E-state index contributed by atoms with van der Waals surface area (Å²) in [6.07, 6.45) is 0. The van der Waals surface area contributed by atoms with Crippen molar-refractivity contribution >= 4 is 10.9 Å². The van der Waals surface area contributed by atoms with Crippen LogP contribution in [-0.4, -0.2) is 11.2 Å². The van der Waals surface area contributed by atoms with Crippen molar-refractivity contribution in [3.8, 4) is 0 Å². The van der Waals surface area contributed by atoms with Crippen LogP contribution in [0.4, 0.5) is 0 Å². The molecular formula is C16H23NO. The number of hydrogen-bond acceptors (Lipinski definition) is 1. The molecule has 0 amide bonds. The molecule has 18 heavy (non-hydrogen) atoms. The van der Waals surface area contributed by atoms with E-state index in [1.54, 1.807) is 0 Å². The predicted octanol–water partition coefficient (Wildman–Crippen LogP) is 4.24. The van der Waals surface area contributed by atoms with E-state index in [1.165, 1.54) is 22.2 Å². The SMILES string of the molecule is CC.Cc1c2n(c3ccccc13)CCOC2(C)C. The van der Waals surface area contributed by atoms with Gasteiger partial charge in [-0.25, -0.2) is 0 Å². The molecular weight excluding hydrogens is 222 g/mol. The van der Waals surface area contributed by atoms with Crippen LogP contribution in [0.1, 0.15) is 39.0 Å². The molecule has 0 spiro atoms. The Morgan fingerprint density at radius 3 is 2.56 bits per heavy atom. The second-order valence-electron chi connectivity index (χ2n) is 5.00. The van der Waals surface area contributed by atoms with E-state index in [9.17, 15) is 0 Å². The zero-order chi connectivity index (χ0) is 13.3. The Morgan fingerprint density at radius 1 is 1.17 bits per heavy atom. The first-order valence-electron chi connectivity index (χ1n) is 6.83. The topological polar surface area (TPSA) is 14.2 Å². The summed E-state index contributed by atoms with van der Waals surface area (Å²) >= 11 is 0. The first kappa shape index (κ1) is 13.2. The second kappa shape index (κ2) is 4.77. The maximum Gasteiger partial charge on any atom is 0.103 e. The molecule has 0 saturated carbocycles. The number of benzene rings is 1. The molecule has 1 aromatic heterocycles.